The number of allylic oxidation sites excluding steroid dienone is 5. The van der Waals surface area contributed by atoms with E-state index in [9.17, 15) is 9.59 Å². The third kappa shape index (κ3) is 1.93. The van der Waals surface area contributed by atoms with Gasteiger partial charge in [-0.3, -0.25) is 9.59 Å². The van der Waals surface area contributed by atoms with Crippen molar-refractivity contribution in [3.05, 3.63) is 47.0 Å². The summed E-state index contributed by atoms with van der Waals surface area (Å²) in [7, 11) is 1.38. The number of hydrogen-bond donors (Lipinski definition) is 0. The number of carbonyl (C=O) groups excluding carboxylic acids is 2. The Morgan fingerprint density at radius 3 is 2.89 bits per heavy atom. The second-order valence-electron chi connectivity index (χ2n) is 4.75. The van der Waals surface area contributed by atoms with Gasteiger partial charge in [0, 0.05) is 18.4 Å². The Hall–Kier alpha value is -2.10. The lowest BCUT2D eigenvalue weighted by molar-refractivity contribution is -0.144. The van der Waals surface area contributed by atoms with Crippen LogP contribution < -0.4 is 0 Å². The van der Waals surface area contributed by atoms with Crippen LogP contribution in [-0.4, -0.2) is 18.9 Å². The van der Waals surface area contributed by atoms with E-state index in [2.05, 4.69) is 0 Å². The van der Waals surface area contributed by atoms with Crippen molar-refractivity contribution < 1.29 is 19.1 Å². The van der Waals surface area contributed by atoms with E-state index in [1.807, 2.05) is 18.2 Å². The number of esters is 1. The summed E-state index contributed by atoms with van der Waals surface area (Å²) in [5, 5.41) is 0. The number of Topliss-reactive ketones (excluding diaryl/α,β-unsaturated/α-hetero) is 1. The van der Waals surface area contributed by atoms with Crippen molar-refractivity contribution in [2.24, 2.45) is 5.92 Å². The summed E-state index contributed by atoms with van der Waals surface area (Å²) in [6.45, 7) is 0. The van der Waals surface area contributed by atoms with Crippen molar-refractivity contribution in [3.63, 3.8) is 0 Å². The lowest BCUT2D eigenvalue weighted by Gasteiger charge is -2.29. The molecular weight excluding hydrogens is 244 g/mol. The highest BCUT2D eigenvalue weighted by molar-refractivity contribution is 5.99. The Balaban J connectivity index is 1.95. The summed E-state index contributed by atoms with van der Waals surface area (Å²) < 4.78 is 10.6. The molecule has 0 saturated carbocycles. The first-order chi connectivity index (χ1) is 9.20. The van der Waals surface area contributed by atoms with Crippen molar-refractivity contribution in [1.29, 1.82) is 0 Å². The molecule has 0 radical (unpaired) electrons. The highest BCUT2D eigenvalue weighted by atomic mass is 16.5. The number of hydrogen-bond acceptors (Lipinski definition) is 4. The molecular formula is C15H14O4. The van der Waals surface area contributed by atoms with Crippen LogP contribution >= 0.6 is 0 Å². The van der Waals surface area contributed by atoms with E-state index in [0.29, 0.717) is 36.4 Å². The molecule has 0 N–H and O–H groups in total. The molecule has 0 aromatic carbocycles. The number of methoxy groups -OCH3 is 1. The van der Waals surface area contributed by atoms with E-state index in [1.165, 1.54) is 7.11 Å². The third-order valence-corrected chi connectivity index (χ3v) is 3.66. The molecule has 1 heterocycles. The smallest absolute Gasteiger partial charge is 0.313 e. The zero-order valence-electron chi connectivity index (χ0n) is 10.6. The lowest BCUT2D eigenvalue weighted by Crippen LogP contribution is -2.26. The molecule has 1 unspecified atom stereocenters. The Morgan fingerprint density at radius 1 is 1.32 bits per heavy atom. The summed E-state index contributed by atoms with van der Waals surface area (Å²) in [6, 6.07) is 0. The second-order valence-corrected chi connectivity index (χ2v) is 4.75. The van der Waals surface area contributed by atoms with E-state index in [-0.39, 0.29) is 17.7 Å². The fourth-order valence-corrected chi connectivity index (χ4v) is 2.65. The highest BCUT2D eigenvalue weighted by Crippen LogP contribution is 2.39. The summed E-state index contributed by atoms with van der Waals surface area (Å²) in [5.41, 5.74) is 1.53. The van der Waals surface area contributed by atoms with E-state index in [0.717, 1.165) is 5.57 Å². The zero-order chi connectivity index (χ0) is 13.4. The van der Waals surface area contributed by atoms with Crippen LogP contribution in [0.3, 0.4) is 0 Å². The van der Waals surface area contributed by atoms with Crippen molar-refractivity contribution >= 4 is 11.8 Å². The summed E-state index contributed by atoms with van der Waals surface area (Å²) in [5.74, 6) is 0.758. The molecule has 98 valence electrons. The largest absolute Gasteiger partial charge is 0.469 e. The van der Waals surface area contributed by atoms with Gasteiger partial charge in [-0.05, 0) is 24.1 Å². The summed E-state index contributed by atoms with van der Waals surface area (Å²) in [6.07, 6.45) is 8.89. The normalized spacial score (nSPS) is 24.9. The number of carbonyl (C=O) groups is 2. The zero-order valence-corrected chi connectivity index (χ0v) is 10.6. The molecule has 19 heavy (non-hydrogen) atoms. The van der Waals surface area contributed by atoms with Crippen molar-refractivity contribution in [2.75, 3.05) is 7.11 Å². The fraction of sp³-hybridized carbons (Fsp3) is 0.333. The fourth-order valence-electron chi connectivity index (χ4n) is 2.65. The van der Waals surface area contributed by atoms with Crippen LogP contribution in [0.25, 0.3) is 0 Å². The minimum absolute atomic E-state index is 0.0715. The van der Waals surface area contributed by atoms with Gasteiger partial charge in [0.2, 0.25) is 0 Å². The van der Waals surface area contributed by atoms with Gasteiger partial charge in [-0.1, -0.05) is 12.2 Å². The van der Waals surface area contributed by atoms with Crippen molar-refractivity contribution in [1.82, 2.24) is 0 Å². The van der Waals surface area contributed by atoms with E-state index in [1.54, 1.807) is 6.08 Å². The van der Waals surface area contributed by atoms with Gasteiger partial charge in [0.1, 0.15) is 11.5 Å². The molecule has 0 bridgehead atoms. The Morgan fingerprint density at radius 2 is 2.11 bits per heavy atom. The third-order valence-electron chi connectivity index (χ3n) is 3.66. The SMILES string of the molecule is COC(=O)C1CC=CC2=C1CC1=C(C=CCC1=O)O2. The minimum atomic E-state index is -0.335. The Labute approximate surface area is 111 Å². The maximum absolute atomic E-state index is 11.9. The maximum Gasteiger partial charge on any atom is 0.313 e. The molecule has 1 aliphatic heterocycles. The van der Waals surface area contributed by atoms with Gasteiger partial charge in [0.15, 0.2) is 5.78 Å². The average Bonchev–Trinajstić information content (AvgIpc) is 2.44. The van der Waals surface area contributed by atoms with Gasteiger partial charge in [-0.25, -0.2) is 0 Å². The first-order valence-corrected chi connectivity index (χ1v) is 6.29. The molecule has 0 aromatic heterocycles. The standard InChI is InChI=1S/C15H14O4/c1-18-15(17)9-4-2-6-13-10(9)8-11-12(16)5-3-7-14(11)19-13/h2-3,6-7,9H,4-5,8H2,1H3. The Kier molecular flexibility index (Phi) is 2.85. The van der Waals surface area contributed by atoms with Crippen molar-refractivity contribution in [3.8, 4) is 0 Å². The predicted molar refractivity (Wildman–Crippen MR) is 67.8 cm³/mol. The monoisotopic (exact) mass is 258 g/mol. The molecule has 3 aliphatic rings. The van der Waals surface area contributed by atoms with Crippen LogP contribution in [0.15, 0.2) is 47.0 Å². The Bertz CT molecular complexity index is 575. The van der Waals surface area contributed by atoms with Crippen LogP contribution in [0.2, 0.25) is 0 Å². The van der Waals surface area contributed by atoms with Gasteiger partial charge in [-0.2, -0.15) is 0 Å². The van der Waals surface area contributed by atoms with Crippen LogP contribution in [0.5, 0.6) is 0 Å². The molecule has 4 nitrogen and oxygen atoms in total. The molecule has 0 spiro atoms. The first kappa shape index (κ1) is 12.0. The molecule has 4 heteroatoms. The van der Waals surface area contributed by atoms with Crippen LogP contribution in [0.1, 0.15) is 19.3 Å². The molecule has 3 rings (SSSR count). The lowest BCUT2D eigenvalue weighted by atomic mass is 9.82. The number of ether oxygens (including phenoxy) is 2. The number of ketones is 1. The van der Waals surface area contributed by atoms with Gasteiger partial charge in [0.05, 0.1) is 13.0 Å². The second kappa shape index (κ2) is 4.53. The minimum Gasteiger partial charge on any atom is -0.469 e. The van der Waals surface area contributed by atoms with Gasteiger partial charge in [0.25, 0.3) is 0 Å². The molecule has 0 saturated heterocycles. The van der Waals surface area contributed by atoms with E-state index < -0.39 is 0 Å². The van der Waals surface area contributed by atoms with Crippen molar-refractivity contribution in [2.45, 2.75) is 19.3 Å². The summed E-state index contributed by atoms with van der Waals surface area (Å²) >= 11 is 0. The highest BCUT2D eigenvalue weighted by Gasteiger charge is 2.34. The van der Waals surface area contributed by atoms with E-state index >= 15 is 0 Å². The first-order valence-electron chi connectivity index (χ1n) is 6.29. The van der Waals surface area contributed by atoms with Crippen LogP contribution in [0.4, 0.5) is 0 Å². The van der Waals surface area contributed by atoms with Crippen LogP contribution in [-0.2, 0) is 19.1 Å². The molecule has 0 amide bonds. The maximum atomic E-state index is 11.9. The van der Waals surface area contributed by atoms with Gasteiger partial charge >= 0.3 is 5.97 Å². The molecule has 0 fully saturated rings. The topological polar surface area (TPSA) is 52.6 Å². The molecule has 1 atom stereocenters. The molecule has 2 aliphatic carbocycles. The van der Waals surface area contributed by atoms with Gasteiger partial charge in [-0.15, -0.1) is 0 Å². The number of rotatable bonds is 1. The van der Waals surface area contributed by atoms with E-state index in [4.69, 9.17) is 9.47 Å². The average molecular weight is 258 g/mol. The van der Waals surface area contributed by atoms with Crippen LogP contribution in [0, 0.1) is 5.92 Å². The quantitative estimate of drug-likeness (QED) is 0.676. The predicted octanol–water partition coefficient (Wildman–Crippen LogP) is 2.19. The van der Waals surface area contributed by atoms with Gasteiger partial charge < -0.3 is 9.47 Å². The summed E-state index contributed by atoms with van der Waals surface area (Å²) in [4.78, 5) is 23.7. The molecule has 0 aromatic rings.